The summed E-state index contributed by atoms with van der Waals surface area (Å²) in [5, 5.41) is 7.00. The molecule has 1 fully saturated rings. The summed E-state index contributed by atoms with van der Waals surface area (Å²) in [4.78, 5) is 9.56. The number of aromatic nitrogens is 2. The van der Waals surface area contributed by atoms with Crippen molar-refractivity contribution in [2.45, 2.75) is 45.6 Å². The maximum atomic E-state index is 5.99. The SMILES string of the molecule is CC1(C)CCC(Nc2nc(Cl)nc3sccc23)CC1. The molecule has 19 heavy (non-hydrogen) atoms. The zero-order valence-electron chi connectivity index (χ0n) is 11.2. The first-order valence-corrected chi connectivity index (χ1v) is 7.97. The second kappa shape index (κ2) is 4.91. The van der Waals surface area contributed by atoms with Gasteiger partial charge in [0.05, 0.1) is 5.39 Å². The van der Waals surface area contributed by atoms with Crippen LogP contribution in [0.4, 0.5) is 5.82 Å². The lowest BCUT2D eigenvalue weighted by molar-refractivity contribution is 0.232. The molecule has 1 N–H and O–H groups in total. The summed E-state index contributed by atoms with van der Waals surface area (Å²) in [6, 6.07) is 2.56. The molecule has 0 saturated heterocycles. The fourth-order valence-corrected chi connectivity index (χ4v) is 3.66. The van der Waals surface area contributed by atoms with Crippen LogP contribution in [0.25, 0.3) is 10.2 Å². The molecule has 2 aromatic heterocycles. The standard InChI is InChI=1S/C14H18ClN3S/c1-14(2)6-3-9(4-7-14)16-11-10-5-8-19-12(10)18-13(15)17-11/h5,8-9H,3-4,6-7H2,1-2H3,(H,16,17,18). The van der Waals surface area contributed by atoms with E-state index >= 15 is 0 Å². The van der Waals surface area contributed by atoms with Crippen LogP contribution in [-0.2, 0) is 0 Å². The number of thiophene rings is 1. The van der Waals surface area contributed by atoms with Gasteiger partial charge in [0.25, 0.3) is 0 Å². The summed E-state index contributed by atoms with van der Waals surface area (Å²) in [7, 11) is 0. The van der Waals surface area contributed by atoms with Gasteiger partial charge in [0.2, 0.25) is 5.28 Å². The van der Waals surface area contributed by atoms with E-state index in [4.69, 9.17) is 11.6 Å². The number of hydrogen-bond acceptors (Lipinski definition) is 4. The number of anilines is 1. The first-order chi connectivity index (χ1) is 9.03. The molecule has 3 rings (SSSR count). The molecular formula is C14H18ClN3S. The molecule has 0 radical (unpaired) electrons. The largest absolute Gasteiger partial charge is 0.367 e. The van der Waals surface area contributed by atoms with E-state index in [1.807, 2.05) is 5.38 Å². The molecular weight excluding hydrogens is 278 g/mol. The topological polar surface area (TPSA) is 37.8 Å². The molecule has 0 aromatic carbocycles. The number of halogens is 1. The molecule has 102 valence electrons. The molecule has 0 unspecified atom stereocenters. The highest BCUT2D eigenvalue weighted by atomic mass is 35.5. The van der Waals surface area contributed by atoms with Crippen LogP contribution >= 0.6 is 22.9 Å². The van der Waals surface area contributed by atoms with Crippen molar-refractivity contribution in [1.29, 1.82) is 0 Å². The van der Waals surface area contributed by atoms with Gasteiger partial charge in [-0.25, -0.2) is 9.97 Å². The van der Waals surface area contributed by atoms with Crippen LogP contribution in [0, 0.1) is 5.41 Å². The Balaban J connectivity index is 1.80. The van der Waals surface area contributed by atoms with Crippen LogP contribution in [0.3, 0.4) is 0 Å². The third-order valence-corrected chi connectivity index (χ3v) is 4.95. The Labute approximate surface area is 122 Å². The summed E-state index contributed by atoms with van der Waals surface area (Å²) in [5.74, 6) is 0.890. The smallest absolute Gasteiger partial charge is 0.225 e. The van der Waals surface area contributed by atoms with E-state index in [1.54, 1.807) is 11.3 Å². The van der Waals surface area contributed by atoms with Gasteiger partial charge in [0.1, 0.15) is 10.6 Å². The summed E-state index contributed by atoms with van der Waals surface area (Å²) in [6.45, 7) is 4.70. The Bertz CT molecular complexity index is 583. The maximum absolute atomic E-state index is 5.99. The van der Waals surface area contributed by atoms with Crippen LogP contribution in [0.2, 0.25) is 5.28 Å². The fraction of sp³-hybridized carbons (Fsp3) is 0.571. The molecule has 0 atom stereocenters. The summed E-state index contributed by atoms with van der Waals surface area (Å²) < 4.78 is 0. The first kappa shape index (κ1) is 13.1. The van der Waals surface area contributed by atoms with Gasteiger partial charge in [0.15, 0.2) is 0 Å². The number of fused-ring (bicyclic) bond motifs is 1. The summed E-state index contributed by atoms with van der Waals surface area (Å²) >= 11 is 7.59. The number of rotatable bonds is 2. The normalized spacial score (nSPS) is 19.7. The highest BCUT2D eigenvalue weighted by molar-refractivity contribution is 7.16. The van der Waals surface area contributed by atoms with Gasteiger partial charge < -0.3 is 5.32 Å². The Morgan fingerprint density at radius 1 is 1.32 bits per heavy atom. The maximum Gasteiger partial charge on any atom is 0.225 e. The number of hydrogen-bond donors (Lipinski definition) is 1. The average Bonchev–Trinajstić information content (AvgIpc) is 2.80. The van der Waals surface area contributed by atoms with Crippen molar-refractivity contribution in [3.63, 3.8) is 0 Å². The Morgan fingerprint density at radius 2 is 2.05 bits per heavy atom. The van der Waals surface area contributed by atoms with Gasteiger partial charge in [-0.2, -0.15) is 0 Å². The van der Waals surface area contributed by atoms with E-state index < -0.39 is 0 Å². The number of nitrogens with zero attached hydrogens (tertiary/aromatic N) is 2. The molecule has 3 nitrogen and oxygen atoms in total. The molecule has 2 heterocycles. The molecule has 0 bridgehead atoms. The predicted octanol–water partition coefficient (Wildman–Crippen LogP) is 4.73. The molecule has 2 aromatic rings. The molecule has 1 aliphatic carbocycles. The van der Waals surface area contributed by atoms with E-state index in [1.165, 1.54) is 25.7 Å². The predicted molar refractivity (Wildman–Crippen MR) is 82.1 cm³/mol. The minimum atomic E-state index is 0.327. The Morgan fingerprint density at radius 3 is 2.79 bits per heavy atom. The quantitative estimate of drug-likeness (QED) is 0.814. The Kier molecular flexibility index (Phi) is 3.39. The lowest BCUT2D eigenvalue weighted by Crippen LogP contribution is -2.30. The van der Waals surface area contributed by atoms with E-state index in [9.17, 15) is 0 Å². The zero-order chi connectivity index (χ0) is 13.5. The second-order valence-corrected chi connectivity index (χ2v) is 7.30. The molecule has 1 saturated carbocycles. The van der Waals surface area contributed by atoms with Crippen LogP contribution in [0.5, 0.6) is 0 Å². The lowest BCUT2D eigenvalue weighted by Gasteiger charge is -2.34. The number of nitrogens with one attached hydrogen (secondary N) is 1. The first-order valence-electron chi connectivity index (χ1n) is 6.71. The van der Waals surface area contributed by atoms with Crippen LogP contribution in [0.1, 0.15) is 39.5 Å². The van der Waals surface area contributed by atoms with E-state index in [2.05, 4.69) is 35.2 Å². The van der Waals surface area contributed by atoms with Crippen molar-refractivity contribution in [3.05, 3.63) is 16.7 Å². The third-order valence-electron chi connectivity index (χ3n) is 3.98. The van der Waals surface area contributed by atoms with Crippen LogP contribution in [0.15, 0.2) is 11.4 Å². The van der Waals surface area contributed by atoms with Crippen molar-refractivity contribution in [1.82, 2.24) is 9.97 Å². The van der Waals surface area contributed by atoms with E-state index in [0.717, 1.165) is 16.0 Å². The van der Waals surface area contributed by atoms with Gasteiger partial charge in [-0.15, -0.1) is 11.3 Å². The summed E-state index contributed by atoms with van der Waals surface area (Å²) in [5.41, 5.74) is 0.485. The van der Waals surface area contributed by atoms with Crippen molar-refractivity contribution in [2.24, 2.45) is 5.41 Å². The van der Waals surface area contributed by atoms with Gasteiger partial charge in [-0.05, 0) is 54.1 Å². The van der Waals surface area contributed by atoms with Crippen LogP contribution in [-0.4, -0.2) is 16.0 Å². The Hall–Kier alpha value is -0.870. The van der Waals surface area contributed by atoms with Gasteiger partial charge in [-0.3, -0.25) is 0 Å². The summed E-state index contributed by atoms with van der Waals surface area (Å²) in [6.07, 6.45) is 4.91. The minimum Gasteiger partial charge on any atom is -0.367 e. The van der Waals surface area contributed by atoms with E-state index in [0.29, 0.717) is 16.7 Å². The zero-order valence-corrected chi connectivity index (χ0v) is 12.8. The van der Waals surface area contributed by atoms with Crippen molar-refractivity contribution >= 4 is 39.0 Å². The van der Waals surface area contributed by atoms with Gasteiger partial charge >= 0.3 is 0 Å². The van der Waals surface area contributed by atoms with Gasteiger partial charge in [0, 0.05) is 6.04 Å². The fourth-order valence-electron chi connectivity index (χ4n) is 2.68. The molecule has 0 spiro atoms. The van der Waals surface area contributed by atoms with Crippen molar-refractivity contribution in [3.8, 4) is 0 Å². The molecule has 1 aliphatic rings. The molecule has 5 heteroatoms. The van der Waals surface area contributed by atoms with Gasteiger partial charge in [-0.1, -0.05) is 13.8 Å². The molecule has 0 aliphatic heterocycles. The lowest BCUT2D eigenvalue weighted by atomic mass is 9.75. The van der Waals surface area contributed by atoms with E-state index in [-0.39, 0.29) is 0 Å². The minimum absolute atomic E-state index is 0.327. The highest BCUT2D eigenvalue weighted by Crippen LogP contribution is 2.37. The second-order valence-electron chi connectivity index (χ2n) is 6.06. The monoisotopic (exact) mass is 295 g/mol. The van der Waals surface area contributed by atoms with Crippen molar-refractivity contribution < 1.29 is 0 Å². The molecule has 0 amide bonds. The third kappa shape index (κ3) is 2.84. The van der Waals surface area contributed by atoms with Crippen LogP contribution < -0.4 is 5.32 Å². The average molecular weight is 296 g/mol. The van der Waals surface area contributed by atoms with Crippen molar-refractivity contribution in [2.75, 3.05) is 5.32 Å². The highest BCUT2D eigenvalue weighted by Gasteiger charge is 2.27.